The maximum atomic E-state index is 11.7. The fourth-order valence-corrected chi connectivity index (χ4v) is 2.25. The normalized spacial score (nSPS) is 17.5. The summed E-state index contributed by atoms with van der Waals surface area (Å²) in [7, 11) is 0. The van der Waals surface area contributed by atoms with Crippen LogP contribution in [-0.4, -0.2) is 17.4 Å². The van der Waals surface area contributed by atoms with Crippen molar-refractivity contribution >= 4 is 17.2 Å². The highest BCUT2D eigenvalue weighted by molar-refractivity contribution is 7.11. The van der Waals surface area contributed by atoms with Gasteiger partial charge >= 0.3 is 0 Å². The van der Waals surface area contributed by atoms with E-state index in [9.17, 15) is 4.79 Å². The fraction of sp³-hybridized carbons (Fsp3) is 0.600. The predicted molar refractivity (Wildman–Crippen MR) is 59.4 cm³/mol. The summed E-state index contributed by atoms with van der Waals surface area (Å²) in [6.07, 6.45) is 3.66. The minimum absolute atomic E-state index is 0.0936. The van der Waals surface area contributed by atoms with Crippen LogP contribution in [0.25, 0.3) is 0 Å². The fourth-order valence-electron chi connectivity index (χ4n) is 1.52. The molecule has 1 aliphatic carbocycles. The van der Waals surface area contributed by atoms with Crippen LogP contribution in [0.5, 0.6) is 0 Å². The lowest BCUT2D eigenvalue weighted by molar-refractivity contribution is -0.126. The maximum absolute atomic E-state index is 11.7. The number of hydrogen-bond acceptors (Lipinski definition) is 4. The first-order valence-corrected chi connectivity index (χ1v) is 5.88. The molecule has 3 N–H and O–H groups in total. The van der Waals surface area contributed by atoms with Crippen molar-refractivity contribution < 1.29 is 4.79 Å². The van der Waals surface area contributed by atoms with E-state index in [2.05, 4.69) is 10.3 Å². The SMILES string of the molecule is Cc1ncc(CNC(=O)C2(CN)CC2)s1. The van der Waals surface area contributed by atoms with Gasteiger partial charge in [0.15, 0.2) is 0 Å². The molecule has 0 aromatic carbocycles. The molecule has 15 heavy (non-hydrogen) atoms. The van der Waals surface area contributed by atoms with Gasteiger partial charge in [-0.3, -0.25) is 4.79 Å². The van der Waals surface area contributed by atoms with Crippen LogP contribution >= 0.6 is 11.3 Å². The van der Waals surface area contributed by atoms with Crippen molar-refractivity contribution in [2.75, 3.05) is 6.54 Å². The van der Waals surface area contributed by atoms with Gasteiger partial charge in [-0.2, -0.15) is 0 Å². The molecule has 0 saturated heterocycles. The Balaban J connectivity index is 1.86. The van der Waals surface area contributed by atoms with Crippen molar-refractivity contribution in [2.24, 2.45) is 11.1 Å². The summed E-state index contributed by atoms with van der Waals surface area (Å²) < 4.78 is 0. The van der Waals surface area contributed by atoms with Crippen LogP contribution in [0.2, 0.25) is 0 Å². The molecular weight excluding hydrogens is 210 g/mol. The molecular formula is C10H15N3OS. The highest BCUT2D eigenvalue weighted by atomic mass is 32.1. The standard InChI is InChI=1S/C10H15N3OS/c1-7-12-4-8(15-7)5-13-9(14)10(6-11)2-3-10/h4H,2-3,5-6,11H2,1H3,(H,13,14). The van der Waals surface area contributed by atoms with E-state index in [-0.39, 0.29) is 11.3 Å². The van der Waals surface area contributed by atoms with Crippen molar-refractivity contribution in [3.05, 3.63) is 16.1 Å². The van der Waals surface area contributed by atoms with Gasteiger partial charge < -0.3 is 11.1 Å². The monoisotopic (exact) mass is 225 g/mol. The Morgan fingerprint density at radius 1 is 1.73 bits per heavy atom. The number of amides is 1. The third-order valence-corrected chi connectivity index (χ3v) is 3.73. The van der Waals surface area contributed by atoms with Crippen LogP contribution in [0.4, 0.5) is 0 Å². The molecule has 0 atom stereocenters. The van der Waals surface area contributed by atoms with Gasteiger partial charge in [0.1, 0.15) is 0 Å². The Labute approximate surface area is 92.9 Å². The topological polar surface area (TPSA) is 68.0 Å². The van der Waals surface area contributed by atoms with Gasteiger partial charge in [0.05, 0.1) is 17.0 Å². The largest absolute Gasteiger partial charge is 0.351 e. The van der Waals surface area contributed by atoms with Gasteiger partial charge in [0, 0.05) is 17.6 Å². The van der Waals surface area contributed by atoms with E-state index in [1.807, 2.05) is 13.1 Å². The molecule has 1 aromatic rings. The third-order valence-electron chi connectivity index (χ3n) is 2.82. The molecule has 4 nitrogen and oxygen atoms in total. The lowest BCUT2D eigenvalue weighted by Crippen LogP contribution is -2.35. The van der Waals surface area contributed by atoms with Crippen LogP contribution in [0.15, 0.2) is 6.20 Å². The van der Waals surface area contributed by atoms with Crippen LogP contribution < -0.4 is 11.1 Å². The number of aromatic nitrogens is 1. The zero-order valence-electron chi connectivity index (χ0n) is 8.75. The van der Waals surface area contributed by atoms with Gasteiger partial charge in [0.25, 0.3) is 0 Å². The molecule has 1 fully saturated rings. The average molecular weight is 225 g/mol. The average Bonchev–Trinajstić information content (AvgIpc) is 2.93. The molecule has 0 radical (unpaired) electrons. The Morgan fingerprint density at radius 2 is 2.47 bits per heavy atom. The molecule has 1 aromatic heterocycles. The van der Waals surface area contributed by atoms with Gasteiger partial charge in [-0.05, 0) is 19.8 Å². The van der Waals surface area contributed by atoms with Crippen LogP contribution in [0, 0.1) is 12.3 Å². The summed E-state index contributed by atoms with van der Waals surface area (Å²) in [5, 5.41) is 3.94. The van der Waals surface area contributed by atoms with E-state index < -0.39 is 0 Å². The van der Waals surface area contributed by atoms with E-state index >= 15 is 0 Å². The van der Waals surface area contributed by atoms with E-state index in [1.165, 1.54) is 0 Å². The summed E-state index contributed by atoms with van der Waals surface area (Å²) in [5.74, 6) is 0.0936. The number of hydrogen-bond donors (Lipinski definition) is 2. The van der Waals surface area contributed by atoms with E-state index in [0.717, 1.165) is 22.7 Å². The number of rotatable bonds is 4. The highest BCUT2D eigenvalue weighted by Crippen LogP contribution is 2.44. The smallest absolute Gasteiger partial charge is 0.227 e. The quantitative estimate of drug-likeness (QED) is 0.796. The number of aryl methyl sites for hydroxylation is 1. The Kier molecular flexibility index (Phi) is 2.75. The maximum Gasteiger partial charge on any atom is 0.227 e. The minimum atomic E-state index is -0.250. The molecule has 0 aliphatic heterocycles. The zero-order chi connectivity index (χ0) is 10.9. The van der Waals surface area contributed by atoms with Crippen molar-refractivity contribution in [1.29, 1.82) is 0 Å². The van der Waals surface area contributed by atoms with E-state index in [4.69, 9.17) is 5.73 Å². The van der Waals surface area contributed by atoms with Crippen LogP contribution in [0.1, 0.15) is 22.7 Å². The molecule has 82 valence electrons. The van der Waals surface area contributed by atoms with Gasteiger partial charge in [0.2, 0.25) is 5.91 Å². The lowest BCUT2D eigenvalue weighted by atomic mass is 10.1. The van der Waals surface area contributed by atoms with Gasteiger partial charge in [-0.25, -0.2) is 4.98 Å². The number of carbonyl (C=O) groups is 1. The second-order valence-corrected chi connectivity index (χ2v) is 5.33. The second kappa shape index (κ2) is 3.90. The number of nitrogens with one attached hydrogen (secondary N) is 1. The molecule has 0 unspecified atom stereocenters. The number of nitrogens with zero attached hydrogens (tertiary/aromatic N) is 1. The van der Waals surface area contributed by atoms with Crippen molar-refractivity contribution in [3.8, 4) is 0 Å². The number of nitrogens with two attached hydrogens (primary N) is 1. The van der Waals surface area contributed by atoms with Gasteiger partial charge in [-0.1, -0.05) is 0 Å². The first-order valence-electron chi connectivity index (χ1n) is 5.06. The highest BCUT2D eigenvalue weighted by Gasteiger charge is 2.48. The van der Waals surface area contributed by atoms with Gasteiger partial charge in [-0.15, -0.1) is 11.3 Å². The molecule has 5 heteroatoms. The van der Waals surface area contributed by atoms with Crippen molar-refractivity contribution in [2.45, 2.75) is 26.3 Å². The van der Waals surface area contributed by atoms with Crippen LogP contribution in [0.3, 0.4) is 0 Å². The lowest BCUT2D eigenvalue weighted by Gasteiger charge is -2.11. The summed E-state index contributed by atoms with van der Waals surface area (Å²) in [4.78, 5) is 17.0. The summed E-state index contributed by atoms with van der Waals surface area (Å²) >= 11 is 1.61. The zero-order valence-corrected chi connectivity index (χ0v) is 9.56. The summed E-state index contributed by atoms with van der Waals surface area (Å²) in [5.41, 5.74) is 5.32. The molecule has 0 bridgehead atoms. The Morgan fingerprint density at radius 3 is 2.93 bits per heavy atom. The molecule has 2 rings (SSSR count). The van der Waals surface area contributed by atoms with E-state index in [0.29, 0.717) is 13.1 Å². The first kappa shape index (κ1) is 10.6. The van der Waals surface area contributed by atoms with Crippen molar-refractivity contribution in [1.82, 2.24) is 10.3 Å². The summed E-state index contributed by atoms with van der Waals surface area (Å²) in [6.45, 7) is 2.99. The number of carbonyl (C=O) groups excluding carboxylic acids is 1. The number of thiazole rings is 1. The third kappa shape index (κ3) is 2.18. The predicted octanol–water partition coefficient (Wildman–Crippen LogP) is 0.807. The minimum Gasteiger partial charge on any atom is -0.351 e. The molecule has 0 spiro atoms. The van der Waals surface area contributed by atoms with E-state index in [1.54, 1.807) is 11.3 Å². The second-order valence-electron chi connectivity index (χ2n) is 4.01. The van der Waals surface area contributed by atoms with Crippen molar-refractivity contribution in [3.63, 3.8) is 0 Å². The molecule has 1 amide bonds. The molecule has 1 saturated carbocycles. The molecule has 1 heterocycles. The Hall–Kier alpha value is -0.940. The Bertz CT molecular complexity index is 370. The first-order chi connectivity index (χ1) is 7.16. The van der Waals surface area contributed by atoms with Crippen LogP contribution in [-0.2, 0) is 11.3 Å². The molecule has 1 aliphatic rings. The summed E-state index contributed by atoms with van der Waals surface area (Å²) in [6, 6.07) is 0.